The van der Waals surface area contributed by atoms with Crippen LogP contribution in [0.2, 0.25) is 0 Å². The van der Waals surface area contributed by atoms with E-state index in [2.05, 4.69) is 6.07 Å². The molecule has 1 amide bonds. The van der Waals surface area contributed by atoms with Gasteiger partial charge < -0.3 is 5.11 Å². The van der Waals surface area contributed by atoms with Gasteiger partial charge in [-0.05, 0) is 22.2 Å². The maximum absolute atomic E-state index is 11.2. The van der Waals surface area contributed by atoms with Crippen molar-refractivity contribution in [2.45, 2.75) is 0 Å². The van der Waals surface area contributed by atoms with Crippen LogP contribution in [0.5, 0.6) is 0 Å². The summed E-state index contributed by atoms with van der Waals surface area (Å²) in [6.45, 7) is 0. The molecule has 0 radical (unpaired) electrons. The molecule has 3 aromatic rings. The van der Waals surface area contributed by atoms with E-state index in [0.717, 1.165) is 21.5 Å². The Labute approximate surface area is 110 Å². The van der Waals surface area contributed by atoms with Crippen LogP contribution >= 0.6 is 0 Å². The Hall–Kier alpha value is -2.55. The highest BCUT2D eigenvalue weighted by atomic mass is 16.4. The zero-order chi connectivity index (χ0) is 13.4. The Bertz CT molecular complexity index is 780. The molecule has 3 nitrogen and oxygen atoms in total. The summed E-state index contributed by atoms with van der Waals surface area (Å²) in [5.41, 5.74) is 0.710. The van der Waals surface area contributed by atoms with E-state index in [0.29, 0.717) is 5.69 Å². The van der Waals surface area contributed by atoms with Crippen LogP contribution in [-0.2, 0) is 0 Å². The van der Waals surface area contributed by atoms with Gasteiger partial charge >= 0.3 is 6.09 Å². The third-order valence-electron chi connectivity index (χ3n) is 3.39. The lowest BCUT2D eigenvalue weighted by molar-refractivity contribution is 0.203. The minimum atomic E-state index is -0.958. The summed E-state index contributed by atoms with van der Waals surface area (Å²) < 4.78 is 0. The third-order valence-corrected chi connectivity index (χ3v) is 3.39. The number of rotatable bonds is 1. The van der Waals surface area contributed by atoms with Gasteiger partial charge in [-0.25, -0.2) is 4.79 Å². The summed E-state index contributed by atoms with van der Waals surface area (Å²) in [4.78, 5) is 12.5. The number of fused-ring (bicyclic) bond motifs is 3. The number of benzene rings is 3. The summed E-state index contributed by atoms with van der Waals surface area (Å²) >= 11 is 0. The summed E-state index contributed by atoms with van der Waals surface area (Å²) in [7, 11) is 1.57. The molecular weight excluding hydrogens is 238 g/mol. The number of anilines is 1. The molecule has 19 heavy (non-hydrogen) atoms. The van der Waals surface area contributed by atoms with Crippen molar-refractivity contribution in [2.24, 2.45) is 0 Å². The highest BCUT2D eigenvalue weighted by Crippen LogP contribution is 2.33. The minimum Gasteiger partial charge on any atom is -0.465 e. The molecule has 0 bridgehead atoms. The monoisotopic (exact) mass is 251 g/mol. The number of nitrogens with zero attached hydrogens (tertiary/aromatic N) is 1. The number of carbonyl (C=O) groups is 1. The van der Waals surface area contributed by atoms with Crippen LogP contribution in [0, 0.1) is 0 Å². The van der Waals surface area contributed by atoms with Gasteiger partial charge in [0.1, 0.15) is 0 Å². The number of amides is 1. The van der Waals surface area contributed by atoms with Crippen molar-refractivity contribution in [3.8, 4) is 0 Å². The molecule has 0 heterocycles. The molecule has 0 atom stereocenters. The first-order valence-electron chi connectivity index (χ1n) is 6.05. The fraction of sp³-hybridized carbons (Fsp3) is 0.0625. The van der Waals surface area contributed by atoms with Crippen molar-refractivity contribution in [3.63, 3.8) is 0 Å². The Balaban J connectivity index is 2.45. The van der Waals surface area contributed by atoms with Crippen LogP contribution < -0.4 is 4.90 Å². The predicted octanol–water partition coefficient (Wildman–Crippen LogP) is 4.11. The number of hydrogen-bond donors (Lipinski definition) is 1. The van der Waals surface area contributed by atoms with Gasteiger partial charge in [-0.3, -0.25) is 4.90 Å². The van der Waals surface area contributed by atoms with Crippen LogP contribution in [0.15, 0.2) is 54.6 Å². The molecule has 0 saturated carbocycles. The second-order valence-corrected chi connectivity index (χ2v) is 4.50. The maximum atomic E-state index is 11.2. The van der Waals surface area contributed by atoms with Crippen molar-refractivity contribution >= 4 is 33.3 Å². The SMILES string of the molecule is CN(C(=O)O)c1cc2ccccc2c2ccccc12. The lowest BCUT2D eigenvalue weighted by Gasteiger charge is -2.17. The van der Waals surface area contributed by atoms with E-state index in [-0.39, 0.29) is 0 Å². The third kappa shape index (κ3) is 1.80. The summed E-state index contributed by atoms with van der Waals surface area (Å²) in [5.74, 6) is 0. The zero-order valence-corrected chi connectivity index (χ0v) is 10.5. The standard InChI is InChI=1S/C16H13NO2/c1-17(16(18)19)15-10-11-6-2-3-7-12(11)13-8-4-5-9-14(13)15/h2-10H,1H3,(H,18,19). The van der Waals surface area contributed by atoms with Gasteiger partial charge in [0, 0.05) is 12.4 Å². The number of carboxylic acid groups (broad SMARTS) is 1. The van der Waals surface area contributed by atoms with Gasteiger partial charge in [0.2, 0.25) is 0 Å². The molecule has 0 aliphatic heterocycles. The van der Waals surface area contributed by atoms with Crippen LogP contribution in [0.25, 0.3) is 21.5 Å². The summed E-state index contributed by atoms with van der Waals surface area (Å²) in [5, 5.41) is 13.4. The first-order chi connectivity index (χ1) is 9.18. The fourth-order valence-corrected chi connectivity index (χ4v) is 2.42. The van der Waals surface area contributed by atoms with Crippen LogP contribution in [0.1, 0.15) is 0 Å². The van der Waals surface area contributed by atoms with Crippen molar-refractivity contribution in [3.05, 3.63) is 54.6 Å². The lowest BCUT2D eigenvalue weighted by Crippen LogP contribution is -2.23. The lowest BCUT2D eigenvalue weighted by atomic mass is 10.00. The molecule has 3 rings (SSSR count). The second-order valence-electron chi connectivity index (χ2n) is 4.50. The van der Waals surface area contributed by atoms with Gasteiger partial charge in [-0.2, -0.15) is 0 Å². The molecule has 3 heteroatoms. The van der Waals surface area contributed by atoms with Crippen LogP contribution in [0.4, 0.5) is 10.5 Å². The quantitative estimate of drug-likeness (QED) is 0.661. The molecule has 0 aliphatic carbocycles. The fourth-order valence-electron chi connectivity index (χ4n) is 2.42. The highest BCUT2D eigenvalue weighted by Gasteiger charge is 2.13. The highest BCUT2D eigenvalue weighted by molar-refractivity contribution is 6.14. The Morgan fingerprint density at radius 3 is 2.21 bits per heavy atom. The van der Waals surface area contributed by atoms with E-state index in [4.69, 9.17) is 0 Å². The average molecular weight is 251 g/mol. The molecule has 0 spiro atoms. The average Bonchev–Trinajstić information content (AvgIpc) is 2.45. The molecule has 0 saturated heterocycles. The molecule has 0 aliphatic rings. The largest absolute Gasteiger partial charge is 0.465 e. The topological polar surface area (TPSA) is 40.5 Å². The van der Waals surface area contributed by atoms with Crippen LogP contribution in [0.3, 0.4) is 0 Å². The molecule has 94 valence electrons. The second kappa shape index (κ2) is 4.28. The first kappa shape index (κ1) is 11.5. The van der Waals surface area contributed by atoms with Gasteiger partial charge in [0.15, 0.2) is 0 Å². The number of hydrogen-bond acceptors (Lipinski definition) is 1. The maximum Gasteiger partial charge on any atom is 0.411 e. The van der Waals surface area contributed by atoms with E-state index in [1.165, 1.54) is 4.90 Å². The summed E-state index contributed by atoms with van der Waals surface area (Å²) in [6.07, 6.45) is -0.958. The molecular formula is C16H13NO2. The minimum absolute atomic E-state index is 0.710. The molecule has 0 fully saturated rings. The molecule has 1 N–H and O–H groups in total. The van der Waals surface area contributed by atoms with Crippen molar-refractivity contribution in [1.29, 1.82) is 0 Å². The molecule has 0 unspecified atom stereocenters. The van der Waals surface area contributed by atoms with Crippen molar-refractivity contribution in [2.75, 3.05) is 11.9 Å². The smallest absolute Gasteiger partial charge is 0.411 e. The van der Waals surface area contributed by atoms with Gasteiger partial charge in [0.25, 0.3) is 0 Å². The molecule has 3 aromatic carbocycles. The van der Waals surface area contributed by atoms with Crippen molar-refractivity contribution < 1.29 is 9.90 Å². The van der Waals surface area contributed by atoms with Crippen LogP contribution in [-0.4, -0.2) is 18.2 Å². The van der Waals surface area contributed by atoms with E-state index in [1.54, 1.807) is 7.05 Å². The first-order valence-corrected chi connectivity index (χ1v) is 6.05. The Morgan fingerprint density at radius 2 is 1.53 bits per heavy atom. The van der Waals surface area contributed by atoms with E-state index < -0.39 is 6.09 Å². The van der Waals surface area contributed by atoms with E-state index >= 15 is 0 Å². The Kier molecular flexibility index (Phi) is 2.60. The van der Waals surface area contributed by atoms with E-state index in [9.17, 15) is 9.90 Å². The van der Waals surface area contributed by atoms with E-state index in [1.807, 2.05) is 48.5 Å². The summed E-state index contributed by atoms with van der Waals surface area (Å²) in [6, 6.07) is 17.8. The molecule has 0 aromatic heterocycles. The Morgan fingerprint density at radius 1 is 0.947 bits per heavy atom. The van der Waals surface area contributed by atoms with Gasteiger partial charge in [-0.15, -0.1) is 0 Å². The van der Waals surface area contributed by atoms with Gasteiger partial charge in [0.05, 0.1) is 5.69 Å². The van der Waals surface area contributed by atoms with Crippen molar-refractivity contribution in [1.82, 2.24) is 0 Å². The van der Waals surface area contributed by atoms with Gasteiger partial charge in [-0.1, -0.05) is 48.5 Å². The normalized spacial score (nSPS) is 10.8. The zero-order valence-electron chi connectivity index (χ0n) is 10.5. The predicted molar refractivity (Wildman–Crippen MR) is 77.9 cm³/mol.